The molecule has 4 rings (SSSR count). The van der Waals surface area contributed by atoms with Gasteiger partial charge in [-0.1, -0.05) is 15.9 Å². The number of hydrogen-bond acceptors (Lipinski definition) is 6. The molecule has 0 atom stereocenters. The van der Waals surface area contributed by atoms with E-state index in [2.05, 4.69) is 30.9 Å². The van der Waals surface area contributed by atoms with Gasteiger partial charge in [-0.15, -0.1) is 0 Å². The predicted molar refractivity (Wildman–Crippen MR) is 100 cm³/mol. The third-order valence-electron chi connectivity index (χ3n) is 4.35. The molecule has 0 N–H and O–H groups in total. The van der Waals surface area contributed by atoms with Gasteiger partial charge in [0.2, 0.25) is 0 Å². The van der Waals surface area contributed by atoms with E-state index in [1.807, 2.05) is 0 Å². The zero-order chi connectivity index (χ0) is 19.0. The number of ether oxygens (including phenoxy) is 2. The molecule has 0 saturated carbocycles. The molecule has 1 aliphatic heterocycles. The highest BCUT2D eigenvalue weighted by molar-refractivity contribution is 9.10. The molecular weight excluding hydrogens is 419 g/mol. The molecule has 9 heteroatoms. The molecule has 0 spiro atoms. The van der Waals surface area contributed by atoms with E-state index in [0.717, 1.165) is 0 Å². The van der Waals surface area contributed by atoms with Crippen LogP contribution in [0.1, 0.15) is 10.5 Å². The third kappa shape index (κ3) is 3.40. The Labute approximate surface area is 162 Å². The van der Waals surface area contributed by atoms with Gasteiger partial charge >= 0.3 is 5.97 Å². The standard InChI is InChI=1S/C18H16BrFN4O3/c1-26-18(25)15-10-17(23-4-6-27-7-5-23)24-16(21-15)9-14(22-24)12-3-2-11(19)8-13(12)20/h2-3,8-10H,4-7H2,1H3. The van der Waals surface area contributed by atoms with Crippen LogP contribution in [-0.2, 0) is 9.47 Å². The van der Waals surface area contributed by atoms with Gasteiger partial charge in [-0.3, -0.25) is 0 Å². The Bertz CT molecular complexity index is 1020. The van der Waals surface area contributed by atoms with Crippen molar-refractivity contribution in [3.8, 4) is 11.3 Å². The Morgan fingerprint density at radius 1 is 1.26 bits per heavy atom. The summed E-state index contributed by atoms with van der Waals surface area (Å²) in [5.41, 5.74) is 1.41. The van der Waals surface area contributed by atoms with Gasteiger partial charge in [0.25, 0.3) is 0 Å². The number of carbonyl (C=O) groups excluding carboxylic acids is 1. The molecule has 140 valence electrons. The summed E-state index contributed by atoms with van der Waals surface area (Å²) in [6, 6.07) is 8.08. The average molecular weight is 435 g/mol. The van der Waals surface area contributed by atoms with Crippen LogP contribution in [0.2, 0.25) is 0 Å². The lowest BCUT2D eigenvalue weighted by atomic mass is 10.1. The van der Waals surface area contributed by atoms with E-state index < -0.39 is 11.8 Å². The van der Waals surface area contributed by atoms with Crippen LogP contribution in [0.4, 0.5) is 10.2 Å². The number of halogens is 2. The van der Waals surface area contributed by atoms with Crippen LogP contribution >= 0.6 is 15.9 Å². The van der Waals surface area contributed by atoms with Crippen molar-refractivity contribution in [3.05, 3.63) is 46.3 Å². The number of benzene rings is 1. The van der Waals surface area contributed by atoms with Gasteiger partial charge in [0.1, 0.15) is 11.6 Å². The van der Waals surface area contributed by atoms with Crippen molar-refractivity contribution in [2.24, 2.45) is 0 Å². The van der Waals surface area contributed by atoms with Crippen LogP contribution < -0.4 is 4.90 Å². The second-order valence-electron chi connectivity index (χ2n) is 6.01. The maximum absolute atomic E-state index is 14.4. The van der Waals surface area contributed by atoms with Crippen molar-refractivity contribution in [2.45, 2.75) is 0 Å². The number of methoxy groups -OCH3 is 1. The predicted octanol–water partition coefficient (Wildman–Crippen LogP) is 2.92. The summed E-state index contributed by atoms with van der Waals surface area (Å²) < 4.78 is 26.9. The molecule has 27 heavy (non-hydrogen) atoms. The molecule has 7 nitrogen and oxygen atoms in total. The largest absolute Gasteiger partial charge is 0.464 e. The fourth-order valence-electron chi connectivity index (χ4n) is 3.01. The topological polar surface area (TPSA) is 69.0 Å². The van der Waals surface area contributed by atoms with Gasteiger partial charge in [-0.2, -0.15) is 9.61 Å². The van der Waals surface area contributed by atoms with Crippen molar-refractivity contribution in [1.29, 1.82) is 0 Å². The maximum atomic E-state index is 14.4. The Morgan fingerprint density at radius 3 is 2.74 bits per heavy atom. The van der Waals surface area contributed by atoms with Crippen LogP contribution in [0.25, 0.3) is 16.9 Å². The number of hydrogen-bond donors (Lipinski definition) is 0. The summed E-state index contributed by atoms with van der Waals surface area (Å²) in [5, 5.41) is 4.54. The van der Waals surface area contributed by atoms with Crippen molar-refractivity contribution in [3.63, 3.8) is 0 Å². The van der Waals surface area contributed by atoms with E-state index in [9.17, 15) is 9.18 Å². The normalized spacial score (nSPS) is 14.6. The number of esters is 1. The fourth-order valence-corrected chi connectivity index (χ4v) is 3.35. The average Bonchev–Trinajstić information content (AvgIpc) is 3.11. The lowest BCUT2D eigenvalue weighted by molar-refractivity contribution is 0.0594. The molecule has 2 aromatic heterocycles. The molecular formula is C18H16BrFN4O3. The van der Waals surface area contributed by atoms with Gasteiger partial charge in [-0.25, -0.2) is 14.2 Å². The molecule has 1 saturated heterocycles. The first-order valence-electron chi connectivity index (χ1n) is 8.34. The quantitative estimate of drug-likeness (QED) is 0.590. The van der Waals surface area contributed by atoms with E-state index in [1.54, 1.807) is 28.8 Å². The van der Waals surface area contributed by atoms with E-state index in [0.29, 0.717) is 53.5 Å². The summed E-state index contributed by atoms with van der Waals surface area (Å²) in [6.45, 7) is 2.46. The summed E-state index contributed by atoms with van der Waals surface area (Å²) in [4.78, 5) is 18.4. The SMILES string of the molecule is COC(=O)c1cc(N2CCOCC2)n2nc(-c3ccc(Br)cc3F)cc2n1. The minimum absolute atomic E-state index is 0.175. The van der Waals surface area contributed by atoms with E-state index >= 15 is 0 Å². The summed E-state index contributed by atoms with van der Waals surface area (Å²) in [6.07, 6.45) is 0. The van der Waals surface area contributed by atoms with Crippen LogP contribution in [0.3, 0.4) is 0 Å². The number of aromatic nitrogens is 3. The second kappa shape index (κ2) is 7.24. The lowest BCUT2D eigenvalue weighted by Crippen LogP contribution is -2.37. The Morgan fingerprint density at radius 2 is 2.04 bits per heavy atom. The Kier molecular flexibility index (Phi) is 4.79. The van der Waals surface area contributed by atoms with E-state index in [-0.39, 0.29) is 5.69 Å². The van der Waals surface area contributed by atoms with Crippen LogP contribution in [0, 0.1) is 5.82 Å². The molecule has 1 fully saturated rings. The maximum Gasteiger partial charge on any atom is 0.356 e. The molecule has 0 bridgehead atoms. The summed E-state index contributed by atoms with van der Waals surface area (Å²) in [7, 11) is 1.31. The monoisotopic (exact) mass is 434 g/mol. The highest BCUT2D eigenvalue weighted by atomic mass is 79.9. The zero-order valence-corrected chi connectivity index (χ0v) is 16.1. The molecule has 0 amide bonds. The summed E-state index contributed by atoms with van der Waals surface area (Å²) in [5.74, 6) is -0.244. The lowest BCUT2D eigenvalue weighted by Gasteiger charge is -2.29. The zero-order valence-electron chi connectivity index (χ0n) is 14.5. The second-order valence-corrected chi connectivity index (χ2v) is 6.93. The van der Waals surface area contributed by atoms with E-state index in [1.165, 1.54) is 13.2 Å². The number of morpholine rings is 1. The van der Waals surface area contributed by atoms with Crippen molar-refractivity contribution < 1.29 is 18.7 Å². The number of nitrogens with zero attached hydrogens (tertiary/aromatic N) is 4. The highest BCUT2D eigenvalue weighted by Crippen LogP contribution is 2.27. The smallest absolute Gasteiger partial charge is 0.356 e. The summed E-state index contributed by atoms with van der Waals surface area (Å²) >= 11 is 3.25. The minimum atomic E-state index is -0.537. The number of anilines is 1. The molecule has 1 aromatic carbocycles. The fraction of sp³-hybridized carbons (Fsp3) is 0.278. The van der Waals surface area contributed by atoms with Crippen LogP contribution in [0.5, 0.6) is 0 Å². The number of carbonyl (C=O) groups is 1. The highest BCUT2D eigenvalue weighted by Gasteiger charge is 2.21. The number of fused-ring (bicyclic) bond motifs is 1. The molecule has 3 aromatic rings. The van der Waals surface area contributed by atoms with E-state index in [4.69, 9.17) is 9.47 Å². The van der Waals surface area contributed by atoms with Crippen molar-refractivity contribution in [2.75, 3.05) is 38.3 Å². The molecule has 0 aliphatic carbocycles. The van der Waals surface area contributed by atoms with Crippen molar-refractivity contribution >= 4 is 33.4 Å². The molecule has 3 heterocycles. The first-order chi connectivity index (χ1) is 13.1. The molecule has 0 unspecified atom stereocenters. The van der Waals surface area contributed by atoms with Gasteiger partial charge < -0.3 is 14.4 Å². The van der Waals surface area contributed by atoms with Crippen LogP contribution in [-0.4, -0.2) is 54.0 Å². The minimum Gasteiger partial charge on any atom is -0.464 e. The third-order valence-corrected chi connectivity index (χ3v) is 4.84. The Hall–Kier alpha value is -2.52. The Balaban J connectivity index is 1.88. The van der Waals surface area contributed by atoms with Crippen LogP contribution in [0.15, 0.2) is 34.8 Å². The van der Waals surface area contributed by atoms with Gasteiger partial charge in [-0.05, 0) is 18.2 Å². The number of rotatable bonds is 3. The molecule has 0 radical (unpaired) electrons. The first kappa shape index (κ1) is 17.9. The molecule has 1 aliphatic rings. The van der Waals surface area contributed by atoms with Gasteiger partial charge in [0, 0.05) is 35.3 Å². The first-order valence-corrected chi connectivity index (χ1v) is 9.13. The van der Waals surface area contributed by atoms with Gasteiger partial charge in [0.05, 0.1) is 26.0 Å². The van der Waals surface area contributed by atoms with Gasteiger partial charge in [0.15, 0.2) is 11.3 Å². The van der Waals surface area contributed by atoms with Crippen molar-refractivity contribution in [1.82, 2.24) is 14.6 Å².